The number of carbonyl (C=O) groups is 1. The van der Waals surface area contributed by atoms with Gasteiger partial charge in [-0.15, -0.1) is 0 Å². The van der Waals surface area contributed by atoms with Crippen molar-refractivity contribution in [2.75, 3.05) is 0 Å². The van der Waals surface area contributed by atoms with Gasteiger partial charge in [-0.2, -0.15) is 0 Å². The van der Waals surface area contributed by atoms with E-state index in [1.165, 1.54) is 44.8 Å². The van der Waals surface area contributed by atoms with Crippen molar-refractivity contribution in [3.63, 3.8) is 0 Å². The summed E-state index contributed by atoms with van der Waals surface area (Å²) in [7, 11) is 0. The highest BCUT2D eigenvalue weighted by atomic mass is 16.3. The molecule has 1 amide bonds. The second kappa shape index (κ2) is 4.37. The van der Waals surface area contributed by atoms with Crippen molar-refractivity contribution in [3.05, 3.63) is 24.2 Å². The number of hydrogen-bond acceptors (Lipinski definition) is 2. The minimum absolute atomic E-state index is 0.0157. The average Bonchev–Trinajstić information content (AvgIpc) is 2.90. The van der Waals surface area contributed by atoms with Crippen molar-refractivity contribution in [2.45, 2.75) is 51.5 Å². The van der Waals surface area contributed by atoms with Crippen molar-refractivity contribution in [2.24, 2.45) is 23.2 Å². The molecule has 3 nitrogen and oxygen atoms in total. The van der Waals surface area contributed by atoms with Gasteiger partial charge >= 0.3 is 0 Å². The van der Waals surface area contributed by atoms with Gasteiger partial charge in [0.2, 0.25) is 0 Å². The lowest BCUT2D eigenvalue weighted by Crippen LogP contribution is -2.55. The maximum Gasteiger partial charge on any atom is 0.254 e. The Bertz CT molecular complexity index is 470. The zero-order chi connectivity index (χ0) is 13.7. The van der Waals surface area contributed by atoms with Crippen LogP contribution in [0.5, 0.6) is 0 Å². The van der Waals surface area contributed by atoms with Gasteiger partial charge in [0, 0.05) is 6.04 Å². The van der Waals surface area contributed by atoms with E-state index in [0.717, 1.165) is 17.8 Å². The minimum Gasteiger partial charge on any atom is -0.472 e. The molecule has 5 rings (SSSR count). The van der Waals surface area contributed by atoms with Crippen molar-refractivity contribution >= 4 is 5.91 Å². The molecule has 1 aromatic rings. The van der Waals surface area contributed by atoms with Crippen LogP contribution in [0.15, 0.2) is 23.0 Å². The van der Waals surface area contributed by atoms with Gasteiger partial charge in [-0.1, -0.05) is 0 Å². The van der Waals surface area contributed by atoms with Crippen LogP contribution in [0.1, 0.15) is 55.8 Å². The quantitative estimate of drug-likeness (QED) is 0.914. The molecule has 20 heavy (non-hydrogen) atoms. The molecule has 0 spiro atoms. The summed E-state index contributed by atoms with van der Waals surface area (Å²) >= 11 is 0. The number of hydrogen-bond donors (Lipinski definition) is 1. The first kappa shape index (κ1) is 12.5. The lowest BCUT2D eigenvalue weighted by atomic mass is 9.48. The number of nitrogens with one attached hydrogen (secondary N) is 1. The van der Waals surface area contributed by atoms with E-state index in [1.54, 1.807) is 12.3 Å². The molecule has 1 heterocycles. The van der Waals surface area contributed by atoms with Gasteiger partial charge < -0.3 is 9.73 Å². The third-order valence-electron chi connectivity index (χ3n) is 6.14. The fourth-order valence-corrected chi connectivity index (χ4v) is 5.53. The summed E-state index contributed by atoms with van der Waals surface area (Å²) in [4.78, 5) is 12.2. The molecule has 4 fully saturated rings. The molecule has 4 aliphatic carbocycles. The molecular weight excluding hydrogens is 250 g/mol. The van der Waals surface area contributed by atoms with Crippen molar-refractivity contribution in [1.29, 1.82) is 0 Å². The summed E-state index contributed by atoms with van der Waals surface area (Å²) in [5.41, 5.74) is 1.01. The van der Waals surface area contributed by atoms with Crippen LogP contribution in [0.4, 0.5) is 0 Å². The number of amides is 1. The van der Waals surface area contributed by atoms with Crippen molar-refractivity contribution in [3.8, 4) is 0 Å². The van der Waals surface area contributed by atoms with Gasteiger partial charge in [0.1, 0.15) is 6.26 Å². The molecule has 0 aliphatic heterocycles. The van der Waals surface area contributed by atoms with Crippen LogP contribution >= 0.6 is 0 Å². The molecule has 0 aromatic carbocycles. The van der Waals surface area contributed by atoms with Gasteiger partial charge in [-0.3, -0.25) is 4.79 Å². The number of rotatable bonds is 3. The van der Waals surface area contributed by atoms with Gasteiger partial charge in [0.25, 0.3) is 5.91 Å². The first-order valence-electron chi connectivity index (χ1n) is 7.98. The highest BCUT2D eigenvalue weighted by Gasteiger charge is 2.53. The number of furan rings is 1. The van der Waals surface area contributed by atoms with Crippen LogP contribution < -0.4 is 5.32 Å². The first-order valence-corrected chi connectivity index (χ1v) is 7.98. The van der Waals surface area contributed by atoms with Crippen molar-refractivity contribution in [1.82, 2.24) is 5.32 Å². The Labute approximate surface area is 120 Å². The Kier molecular flexibility index (Phi) is 2.73. The van der Waals surface area contributed by atoms with Crippen molar-refractivity contribution < 1.29 is 9.21 Å². The zero-order valence-electron chi connectivity index (χ0n) is 12.1. The van der Waals surface area contributed by atoms with E-state index in [9.17, 15) is 4.79 Å². The summed E-state index contributed by atoms with van der Waals surface area (Å²) in [5, 5.41) is 3.24. The lowest BCUT2D eigenvalue weighted by Gasteiger charge is -2.59. The van der Waals surface area contributed by atoms with Crippen LogP contribution in [0, 0.1) is 23.2 Å². The first-order chi connectivity index (χ1) is 9.64. The van der Waals surface area contributed by atoms with E-state index < -0.39 is 0 Å². The molecule has 1 aromatic heterocycles. The molecule has 0 saturated heterocycles. The molecule has 0 radical (unpaired) electrons. The van der Waals surface area contributed by atoms with E-state index >= 15 is 0 Å². The Balaban J connectivity index is 1.51. The lowest BCUT2D eigenvalue weighted by molar-refractivity contribution is -0.0688. The summed E-state index contributed by atoms with van der Waals surface area (Å²) in [6, 6.07) is 2.01. The zero-order valence-corrected chi connectivity index (χ0v) is 12.1. The van der Waals surface area contributed by atoms with Crippen LogP contribution in [-0.2, 0) is 0 Å². The molecular formula is C17H23NO2. The number of carbonyl (C=O) groups excluding carboxylic acids is 1. The van der Waals surface area contributed by atoms with Gasteiger partial charge in [-0.05, 0) is 74.7 Å². The monoisotopic (exact) mass is 273 g/mol. The van der Waals surface area contributed by atoms with Gasteiger partial charge in [0.05, 0.1) is 11.8 Å². The second-order valence-electron chi connectivity index (χ2n) is 7.49. The maximum atomic E-state index is 12.2. The molecule has 4 bridgehead atoms. The topological polar surface area (TPSA) is 42.2 Å². The highest BCUT2D eigenvalue weighted by Crippen LogP contribution is 2.61. The molecule has 1 atom stereocenters. The van der Waals surface area contributed by atoms with E-state index in [2.05, 4.69) is 12.2 Å². The third kappa shape index (κ3) is 1.90. The fourth-order valence-electron chi connectivity index (χ4n) is 5.53. The van der Waals surface area contributed by atoms with E-state index in [4.69, 9.17) is 4.42 Å². The summed E-state index contributed by atoms with van der Waals surface area (Å²) < 4.78 is 5.01. The van der Waals surface area contributed by atoms with Gasteiger partial charge in [-0.25, -0.2) is 0 Å². The molecule has 3 heteroatoms. The molecule has 108 valence electrons. The average molecular weight is 273 g/mol. The standard InChI is InChI=1S/C17H23NO2/c1-11(18-16(19)15-2-3-20-10-15)17-7-12-4-13(8-17)6-14(5-12)9-17/h2-3,10-14H,4-9H2,1H3,(H,18,19)/t11-,12?,13?,14?,17?/m0/s1. The second-order valence-corrected chi connectivity index (χ2v) is 7.49. The Morgan fingerprint density at radius 3 is 2.35 bits per heavy atom. The molecule has 1 N–H and O–H groups in total. The SMILES string of the molecule is C[C@H](NC(=O)c1ccoc1)C12CC3CC(CC(C3)C1)C2. The highest BCUT2D eigenvalue weighted by molar-refractivity contribution is 5.93. The third-order valence-corrected chi connectivity index (χ3v) is 6.14. The molecule has 0 unspecified atom stereocenters. The fraction of sp³-hybridized carbons (Fsp3) is 0.706. The Morgan fingerprint density at radius 1 is 1.25 bits per heavy atom. The Hall–Kier alpha value is -1.25. The normalized spacial score (nSPS) is 39.8. The van der Waals surface area contributed by atoms with E-state index in [1.807, 2.05) is 0 Å². The largest absolute Gasteiger partial charge is 0.472 e. The van der Waals surface area contributed by atoms with Crippen LogP contribution in [0.25, 0.3) is 0 Å². The predicted octanol–water partition coefficient (Wildman–Crippen LogP) is 3.61. The summed E-state index contributed by atoms with van der Waals surface area (Å²) in [6.07, 6.45) is 11.4. The Morgan fingerprint density at radius 2 is 1.85 bits per heavy atom. The maximum absolute atomic E-state index is 12.2. The van der Waals surface area contributed by atoms with Crippen LogP contribution in [-0.4, -0.2) is 11.9 Å². The molecule has 4 saturated carbocycles. The van der Waals surface area contributed by atoms with E-state index in [-0.39, 0.29) is 11.9 Å². The molecule has 4 aliphatic rings. The summed E-state index contributed by atoms with van der Waals surface area (Å²) in [6.45, 7) is 2.21. The summed E-state index contributed by atoms with van der Waals surface area (Å²) in [5.74, 6) is 2.79. The van der Waals surface area contributed by atoms with Crippen LogP contribution in [0.3, 0.4) is 0 Å². The van der Waals surface area contributed by atoms with E-state index in [0.29, 0.717) is 11.0 Å². The predicted molar refractivity (Wildman–Crippen MR) is 76.2 cm³/mol. The minimum atomic E-state index is 0.0157. The van der Waals surface area contributed by atoms with Gasteiger partial charge in [0.15, 0.2) is 0 Å². The smallest absolute Gasteiger partial charge is 0.254 e. The van der Waals surface area contributed by atoms with Crippen LogP contribution in [0.2, 0.25) is 0 Å².